The zero-order valence-electron chi connectivity index (χ0n) is 11.2. The van der Waals surface area contributed by atoms with Crippen LogP contribution in [0.2, 0.25) is 0 Å². The molecule has 0 atom stereocenters. The minimum Gasteiger partial charge on any atom is -0.383 e. The molecule has 0 saturated heterocycles. The number of aromatic nitrogens is 1. The summed E-state index contributed by atoms with van der Waals surface area (Å²) in [6.07, 6.45) is 0.569. The van der Waals surface area contributed by atoms with Crippen molar-refractivity contribution < 1.29 is 8.78 Å². The van der Waals surface area contributed by atoms with Gasteiger partial charge in [-0.3, -0.25) is 0 Å². The number of nitrogens with zero attached hydrogens (tertiary/aromatic N) is 2. The first-order chi connectivity index (χ1) is 9.49. The second kappa shape index (κ2) is 5.25. The summed E-state index contributed by atoms with van der Waals surface area (Å²) in [5, 5.41) is 9.25. The predicted octanol–water partition coefficient (Wildman–Crippen LogP) is 3.35. The van der Waals surface area contributed by atoms with E-state index in [2.05, 4.69) is 4.98 Å². The summed E-state index contributed by atoms with van der Waals surface area (Å²) < 4.78 is 27.1. The number of halogens is 2. The Balaban J connectivity index is 2.88. The summed E-state index contributed by atoms with van der Waals surface area (Å²) in [6, 6.07) is 5.23. The summed E-state index contributed by atoms with van der Waals surface area (Å²) in [5.74, 6) is -1.33. The number of aryl methyl sites for hydroxylation is 1. The Morgan fingerprint density at radius 3 is 2.60 bits per heavy atom. The molecule has 0 aliphatic rings. The van der Waals surface area contributed by atoms with Crippen LogP contribution in [0.5, 0.6) is 0 Å². The molecule has 0 unspecified atom stereocenters. The topological polar surface area (TPSA) is 62.7 Å². The van der Waals surface area contributed by atoms with Crippen LogP contribution in [-0.2, 0) is 6.42 Å². The molecule has 0 aliphatic carbocycles. The van der Waals surface area contributed by atoms with Crippen LogP contribution in [0.15, 0.2) is 18.2 Å². The Hall–Kier alpha value is -2.48. The average molecular weight is 273 g/mol. The van der Waals surface area contributed by atoms with Gasteiger partial charge in [-0.05, 0) is 31.0 Å². The van der Waals surface area contributed by atoms with Gasteiger partial charge in [-0.15, -0.1) is 0 Å². The number of pyridine rings is 1. The minimum absolute atomic E-state index is 0.0564. The Morgan fingerprint density at radius 2 is 2.05 bits per heavy atom. The van der Waals surface area contributed by atoms with Crippen LogP contribution in [-0.4, -0.2) is 4.98 Å². The molecule has 5 heteroatoms. The van der Waals surface area contributed by atoms with Crippen molar-refractivity contribution in [3.63, 3.8) is 0 Å². The largest absolute Gasteiger partial charge is 0.383 e. The highest BCUT2D eigenvalue weighted by Crippen LogP contribution is 2.34. The van der Waals surface area contributed by atoms with E-state index in [-0.39, 0.29) is 16.9 Å². The van der Waals surface area contributed by atoms with Gasteiger partial charge in [0.05, 0.1) is 0 Å². The molecule has 0 amide bonds. The maximum Gasteiger partial charge on any atom is 0.142 e. The van der Waals surface area contributed by atoms with Crippen molar-refractivity contribution in [1.29, 1.82) is 5.26 Å². The maximum atomic E-state index is 14.0. The van der Waals surface area contributed by atoms with Crippen molar-refractivity contribution in [2.45, 2.75) is 20.3 Å². The lowest BCUT2D eigenvalue weighted by Gasteiger charge is -2.15. The van der Waals surface area contributed by atoms with Crippen LogP contribution in [0.3, 0.4) is 0 Å². The van der Waals surface area contributed by atoms with Crippen molar-refractivity contribution in [3.8, 4) is 17.2 Å². The molecule has 0 aliphatic heterocycles. The van der Waals surface area contributed by atoms with Crippen LogP contribution in [0, 0.1) is 29.9 Å². The van der Waals surface area contributed by atoms with Crippen molar-refractivity contribution in [1.82, 2.24) is 4.98 Å². The maximum absolute atomic E-state index is 14.0. The highest BCUT2D eigenvalue weighted by atomic mass is 19.1. The second-order valence-corrected chi connectivity index (χ2v) is 4.40. The number of hydrogen-bond acceptors (Lipinski definition) is 3. The van der Waals surface area contributed by atoms with Gasteiger partial charge < -0.3 is 5.73 Å². The first-order valence-corrected chi connectivity index (χ1v) is 6.14. The van der Waals surface area contributed by atoms with Crippen LogP contribution < -0.4 is 5.73 Å². The molecule has 0 saturated carbocycles. The third-order valence-corrected chi connectivity index (χ3v) is 3.20. The van der Waals surface area contributed by atoms with Gasteiger partial charge >= 0.3 is 0 Å². The molecule has 2 rings (SSSR count). The number of nitriles is 1. The lowest BCUT2D eigenvalue weighted by molar-refractivity contribution is 0.585. The molecule has 1 aromatic heterocycles. The summed E-state index contributed by atoms with van der Waals surface area (Å²) in [4.78, 5) is 4.11. The fourth-order valence-corrected chi connectivity index (χ4v) is 2.30. The van der Waals surface area contributed by atoms with Gasteiger partial charge in [-0.2, -0.15) is 5.26 Å². The Bertz CT molecular complexity index is 718. The van der Waals surface area contributed by atoms with E-state index in [4.69, 9.17) is 5.73 Å². The van der Waals surface area contributed by atoms with Gasteiger partial charge in [0.25, 0.3) is 0 Å². The lowest BCUT2D eigenvalue weighted by Crippen LogP contribution is -2.05. The molecule has 1 heterocycles. The van der Waals surface area contributed by atoms with Gasteiger partial charge in [0.2, 0.25) is 0 Å². The standard InChI is InChI=1S/C15H13F2N3/c1-3-10-8(2)20-15(19)12(7-18)14(10)11-5-4-9(16)6-13(11)17/h4-6H,3H2,1-2H3,(H2,19,20). The number of rotatable bonds is 2. The van der Waals surface area contributed by atoms with E-state index in [9.17, 15) is 14.0 Å². The van der Waals surface area contributed by atoms with Gasteiger partial charge in [-0.1, -0.05) is 6.92 Å². The van der Waals surface area contributed by atoms with Crippen LogP contribution >= 0.6 is 0 Å². The van der Waals surface area contributed by atoms with E-state index in [1.807, 2.05) is 13.0 Å². The smallest absolute Gasteiger partial charge is 0.142 e. The summed E-state index contributed by atoms with van der Waals surface area (Å²) in [5.41, 5.74) is 7.81. The van der Waals surface area contributed by atoms with Gasteiger partial charge in [-0.25, -0.2) is 13.8 Å². The fraction of sp³-hybridized carbons (Fsp3) is 0.200. The summed E-state index contributed by atoms with van der Waals surface area (Å²) >= 11 is 0. The van der Waals surface area contributed by atoms with Crippen molar-refractivity contribution in [2.75, 3.05) is 5.73 Å². The van der Waals surface area contributed by atoms with E-state index < -0.39 is 11.6 Å². The first kappa shape index (κ1) is 13.9. The Morgan fingerprint density at radius 1 is 1.35 bits per heavy atom. The molecular weight excluding hydrogens is 260 g/mol. The van der Waals surface area contributed by atoms with E-state index in [1.54, 1.807) is 6.92 Å². The normalized spacial score (nSPS) is 10.3. The number of hydrogen-bond donors (Lipinski definition) is 1. The molecule has 0 fully saturated rings. The van der Waals surface area contributed by atoms with E-state index in [0.717, 1.165) is 17.7 Å². The van der Waals surface area contributed by atoms with E-state index >= 15 is 0 Å². The minimum atomic E-state index is -0.721. The van der Waals surface area contributed by atoms with E-state index in [0.29, 0.717) is 17.7 Å². The zero-order chi connectivity index (χ0) is 14.9. The third kappa shape index (κ3) is 2.21. The summed E-state index contributed by atoms with van der Waals surface area (Å²) in [6.45, 7) is 3.63. The quantitative estimate of drug-likeness (QED) is 0.912. The number of nitrogens with two attached hydrogens (primary N) is 1. The van der Waals surface area contributed by atoms with E-state index in [1.165, 1.54) is 6.07 Å². The van der Waals surface area contributed by atoms with Gasteiger partial charge in [0.15, 0.2) is 0 Å². The zero-order valence-corrected chi connectivity index (χ0v) is 11.2. The number of nitrogen functional groups attached to an aromatic ring is 1. The highest BCUT2D eigenvalue weighted by Gasteiger charge is 2.19. The first-order valence-electron chi connectivity index (χ1n) is 6.14. The average Bonchev–Trinajstić information content (AvgIpc) is 2.38. The summed E-state index contributed by atoms with van der Waals surface area (Å²) in [7, 11) is 0. The molecular formula is C15H13F2N3. The predicted molar refractivity (Wildman–Crippen MR) is 72.8 cm³/mol. The van der Waals surface area contributed by atoms with Crippen LogP contribution in [0.1, 0.15) is 23.7 Å². The Kier molecular flexibility index (Phi) is 3.66. The lowest BCUT2D eigenvalue weighted by atomic mass is 9.92. The molecule has 2 N–H and O–H groups in total. The monoisotopic (exact) mass is 273 g/mol. The van der Waals surface area contributed by atoms with Gasteiger partial charge in [0.1, 0.15) is 29.1 Å². The second-order valence-electron chi connectivity index (χ2n) is 4.40. The number of benzene rings is 1. The Labute approximate surface area is 115 Å². The molecule has 0 spiro atoms. The van der Waals surface area contributed by atoms with Crippen molar-refractivity contribution in [3.05, 3.63) is 46.7 Å². The molecule has 102 valence electrons. The third-order valence-electron chi connectivity index (χ3n) is 3.20. The van der Waals surface area contributed by atoms with Crippen molar-refractivity contribution in [2.24, 2.45) is 0 Å². The highest BCUT2D eigenvalue weighted by molar-refractivity contribution is 5.79. The molecule has 1 aromatic carbocycles. The molecule has 0 radical (unpaired) electrons. The molecule has 20 heavy (non-hydrogen) atoms. The van der Waals surface area contributed by atoms with Gasteiger partial charge in [0, 0.05) is 22.9 Å². The molecule has 2 aromatic rings. The van der Waals surface area contributed by atoms with Crippen LogP contribution in [0.4, 0.5) is 14.6 Å². The molecule has 0 bridgehead atoms. The molecule has 3 nitrogen and oxygen atoms in total. The SMILES string of the molecule is CCc1c(C)nc(N)c(C#N)c1-c1ccc(F)cc1F. The van der Waals surface area contributed by atoms with Crippen LogP contribution in [0.25, 0.3) is 11.1 Å². The fourth-order valence-electron chi connectivity index (χ4n) is 2.30. The van der Waals surface area contributed by atoms with Crippen molar-refractivity contribution >= 4 is 5.82 Å². The number of anilines is 1.